The van der Waals surface area contributed by atoms with Gasteiger partial charge in [-0.2, -0.15) is 12.1 Å². The first-order chi connectivity index (χ1) is 37.5. The third-order valence-corrected chi connectivity index (χ3v) is 16.2. The first-order valence-electron chi connectivity index (χ1n) is 27.5. The summed E-state index contributed by atoms with van der Waals surface area (Å²) in [4.78, 5) is 0. The van der Waals surface area contributed by atoms with E-state index in [1.807, 2.05) is 0 Å². The number of hydrogen-bond donors (Lipinski definition) is 0. The van der Waals surface area contributed by atoms with Crippen LogP contribution in [-0.2, 0) is 33.7 Å². The molecule has 0 bridgehead atoms. The molecule has 12 aromatic rings. The van der Waals surface area contributed by atoms with E-state index in [0.29, 0.717) is 0 Å². The average molecular weight is 1120 g/mol. The van der Waals surface area contributed by atoms with E-state index in [0.717, 1.165) is 21.4 Å². The molecule has 14 rings (SSSR count). The number of benzene rings is 10. The Balaban J connectivity index is 0.000000147. The van der Waals surface area contributed by atoms with Crippen molar-refractivity contribution in [1.29, 1.82) is 0 Å². The Kier molecular flexibility index (Phi) is 16.9. The standard InChI is InChI=1S/2C35H29.C2H6Si.2ClH.Zr/c2*1-2-10-24(9-1)21-25-22-34-32(30-17-7-13-26-11-3-5-15-28(26)30)19-20-33(35(34)23-25)31-18-8-14-27-12-4-6-16-29(27)31;1-3-2;;;/h2*3-8,11-20,22-24H,1-2,9-10,21H2;1-2H3;2*1H;/q2*-1;;;;+4/p-2. The normalized spacial score (nSPS) is 13.6. The first kappa shape index (κ1) is 52.2. The molecule has 0 amide bonds. The van der Waals surface area contributed by atoms with Crippen molar-refractivity contribution >= 4 is 91.2 Å². The summed E-state index contributed by atoms with van der Waals surface area (Å²) in [6.45, 7) is 4.31. The van der Waals surface area contributed by atoms with Crippen LogP contribution >= 0.6 is 17.0 Å². The van der Waals surface area contributed by atoms with Crippen molar-refractivity contribution in [2.45, 2.75) is 77.3 Å². The van der Waals surface area contributed by atoms with E-state index in [2.05, 4.69) is 231 Å². The molecule has 0 aromatic heterocycles. The van der Waals surface area contributed by atoms with E-state index in [1.54, 1.807) is 0 Å². The van der Waals surface area contributed by atoms with Gasteiger partial charge in [-0.05, 0) is 78.9 Å². The monoisotopic (exact) mass is 1120 g/mol. The molecule has 0 aliphatic heterocycles. The van der Waals surface area contributed by atoms with Crippen LogP contribution in [0.15, 0.2) is 218 Å². The molecule has 2 aliphatic rings. The van der Waals surface area contributed by atoms with Crippen molar-refractivity contribution < 1.29 is 20.8 Å². The van der Waals surface area contributed by atoms with E-state index in [4.69, 9.17) is 17.0 Å². The Morgan fingerprint density at radius 2 is 0.605 bits per heavy atom. The maximum Gasteiger partial charge on any atom is -0.0114 e. The van der Waals surface area contributed by atoms with Crippen LogP contribution in [0.4, 0.5) is 0 Å². The molecular formula is C72H64Cl2SiZr. The fourth-order valence-electron chi connectivity index (χ4n) is 12.8. The van der Waals surface area contributed by atoms with Crippen molar-refractivity contribution in [2.75, 3.05) is 0 Å². The Morgan fingerprint density at radius 1 is 0.355 bits per heavy atom. The first-order valence-corrected chi connectivity index (χ1v) is 35.8. The van der Waals surface area contributed by atoms with Gasteiger partial charge in [0, 0.05) is 9.52 Å². The van der Waals surface area contributed by atoms with Crippen LogP contribution < -0.4 is 0 Å². The van der Waals surface area contributed by atoms with Crippen LogP contribution in [0.3, 0.4) is 0 Å². The predicted molar refractivity (Wildman–Crippen MR) is 331 cm³/mol. The topological polar surface area (TPSA) is 0 Å². The van der Waals surface area contributed by atoms with Gasteiger partial charge in [0.25, 0.3) is 0 Å². The van der Waals surface area contributed by atoms with Gasteiger partial charge in [0.2, 0.25) is 0 Å². The van der Waals surface area contributed by atoms with E-state index in [9.17, 15) is 0 Å². The summed E-state index contributed by atoms with van der Waals surface area (Å²) in [5, 5.41) is 16.1. The molecule has 0 unspecified atom stereocenters. The minimum absolute atomic E-state index is 0.826. The number of hydrogen-bond acceptors (Lipinski definition) is 0. The summed E-state index contributed by atoms with van der Waals surface area (Å²) < 4.78 is 0. The third-order valence-electron chi connectivity index (χ3n) is 16.2. The minimum atomic E-state index is -0.826. The number of rotatable bonds is 8. The Bertz CT molecular complexity index is 3410. The fraction of sp³-hybridized carbons (Fsp3) is 0.194. The van der Waals surface area contributed by atoms with Crippen molar-refractivity contribution in [3.8, 4) is 44.5 Å². The van der Waals surface area contributed by atoms with E-state index >= 15 is 0 Å². The summed E-state index contributed by atoms with van der Waals surface area (Å²) in [5.74, 6) is 1.68. The molecule has 0 saturated heterocycles. The Labute approximate surface area is 471 Å². The third kappa shape index (κ3) is 11.1. The van der Waals surface area contributed by atoms with Crippen LogP contribution in [-0.4, -0.2) is 9.52 Å². The van der Waals surface area contributed by atoms with E-state index in [-0.39, 0.29) is 0 Å². The van der Waals surface area contributed by atoms with Gasteiger partial charge in [-0.15, -0.1) is 44.8 Å². The maximum absolute atomic E-state index is 4.93. The van der Waals surface area contributed by atoms with Crippen molar-refractivity contribution in [3.63, 3.8) is 0 Å². The van der Waals surface area contributed by atoms with Crippen molar-refractivity contribution in [1.82, 2.24) is 0 Å². The molecule has 2 aliphatic carbocycles. The van der Waals surface area contributed by atoms with Gasteiger partial charge in [-0.1, -0.05) is 292 Å². The van der Waals surface area contributed by atoms with Crippen LogP contribution in [0.5, 0.6) is 0 Å². The zero-order valence-electron chi connectivity index (χ0n) is 43.8. The molecule has 0 spiro atoms. The fourth-order valence-corrected chi connectivity index (χ4v) is 12.8. The summed E-state index contributed by atoms with van der Waals surface area (Å²) in [5.41, 5.74) is 13.7. The zero-order chi connectivity index (χ0) is 51.8. The van der Waals surface area contributed by atoms with Crippen LogP contribution in [0.2, 0.25) is 13.1 Å². The van der Waals surface area contributed by atoms with Crippen LogP contribution in [0.1, 0.15) is 62.5 Å². The molecule has 12 aromatic carbocycles. The van der Waals surface area contributed by atoms with Gasteiger partial charge in [-0.3, -0.25) is 0 Å². The molecule has 0 N–H and O–H groups in total. The van der Waals surface area contributed by atoms with E-state index in [1.165, 1.54) is 184 Å². The molecular weight excluding hydrogens is 1060 g/mol. The molecule has 374 valence electrons. The minimum Gasteiger partial charge on any atom is -0.164 e. The Morgan fingerprint density at radius 3 is 0.921 bits per heavy atom. The second-order valence-electron chi connectivity index (χ2n) is 21.1. The molecule has 0 heterocycles. The van der Waals surface area contributed by atoms with Gasteiger partial charge < -0.3 is 0 Å². The predicted octanol–water partition coefficient (Wildman–Crippen LogP) is 22.0. The zero-order valence-corrected chi connectivity index (χ0v) is 48.7. The average Bonchev–Trinajstić information content (AvgIpc) is 4.33. The van der Waals surface area contributed by atoms with Gasteiger partial charge in [0.05, 0.1) is 0 Å². The molecule has 0 atom stereocenters. The molecule has 2 radical (unpaired) electrons. The maximum atomic E-state index is 4.93. The number of halogens is 2. The summed E-state index contributed by atoms with van der Waals surface area (Å²) in [6.07, 6.45) is 13.5. The smallest absolute Gasteiger partial charge is 0.0114 e. The SMILES string of the molecule is C[Si]C.[Cl][Zr+2][Cl].c1ccc2c(-c3ccc(-c4cccc5ccccc45)c4[cH-]c(CC5CCCC5)cc34)cccc2c1.c1ccc2c(-c3ccc(-c4cccc5ccccc45)c4[cH-]c(CC5CCCC5)cc34)cccc2c1. The molecule has 2 saturated carbocycles. The van der Waals surface area contributed by atoms with E-state index < -0.39 is 20.8 Å². The summed E-state index contributed by atoms with van der Waals surface area (Å²) in [6, 6.07) is 81.4. The second-order valence-corrected chi connectivity index (χ2v) is 25.8. The molecule has 2 fully saturated rings. The van der Waals surface area contributed by atoms with Crippen LogP contribution in [0.25, 0.3) is 109 Å². The van der Waals surface area contributed by atoms with Crippen LogP contribution in [0, 0.1) is 11.8 Å². The van der Waals surface area contributed by atoms with Crippen molar-refractivity contribution in [2.24, 2.45) is 11.8 Å². The van der Waals surface area contributed by atoms with Gasteiger partial charge >= 0.3 is 37.9 Å². The molecule has 4 heteroatoms. The molecule has 0 nitrogen and oxygen atoms in total. The quantitative estimate of drug-likeness (QED) is 0.105. The largest absolute Gasteiger partial charge is 0.164 e. The van der Waals surface area contributed by atoms with Gasteiger partial charge in [-0.25, -0.2) is 0 Å². The Hall–Kier alpha value is -5.86. The van der Waals surface area contributed by atoms with Gasteiger partial charge in [0.1, 0.15) is 0 Å². The second kappa shape index (κ2) is 24.6. The summed E-state index contributed by atoms with van der Waals surface area (Å²) >= 11 is -0.826. The van der Waals surface area contributed by atoms with Crippen molar-refractivity contribution in [3.05, 3.63) is 230 Å². The number of fused-ring (bicyclic) bond motifs is 6. The molecule has 76 heavy (non-hydrogen) atoms. The van der Waals surface area contributed by atoms with Gasteiger partial charge in [0.15, 0.2) is 0 Å². The summed E-state index contributed by atoms with van der Waals surface area (Å²) in [7, 11) is 11.0.